The second-order valence-corrected chi connectivity index (χ2v) is 4.10. The predicted molar refractivity (Wildman–Crippen MR) is 65.2 cm³/mol. The lowest BCUT2D eigenvalue weighted by Crippen LogP contribution is -2.34. The van der Waals surface area contributed by atoms with Gasteiger partial charge in [0.15, 0.2) is 0 Å². The summed E-state index contributed by atoms with van der Waals surface area (Å²) in [6.45, 7) is 4.13. The Balaban J connectivity index is 2.42. The van der Waals surface area contributed by atoms with E-state index in [2.05, 4.69) is 10.3 Å². The van der Waals surface area contributed by atoms with Gasteiger partial charge >= 0.3 is 0 Å². The predicted octanol–water partition coefficient (Wildman–Crippen LogP) is 1.70. The van der Waals surface area contributed by atoms with E-state index in [1.54, 1.807) is 25.4 Å². The zero-order valence-corrected chi connectivity index (χ0v) is 10.3. The third-order valence-corrected chi connectivity index (χ3v) is 2.57. The second kappa shape index (κ2) is 6.78. The molecule has 0 aromatic carbocycles. The Morgan fingerprint density at radius 2 is 2.24 bits per heavy atom. The van der Waals surface area contributed by atoms with Crippen molar-refractivity contribution in [1.29, 1.82) is 0 Å². The summed E-state index contributed by atoms with van der Waals surface area (Å²) in [5, 5.41) is 2.61. The molecule has 1 amide bonds. The summed E-state index contributed by atoms with van der Waals surface area (Å²) >= 11 is 0. The Morgan fingerprint density at radius 1 is 1.47 bits per heavy atom. The quantitative estimate of drug-likeness (QED) is 0.762. The molecular formula is C13H18N2O2. The number of amides is 1. The van der Waals surface area contributed by atoms with Crippen molar-refractivity contribution in [3.05, 3.63) is 30.1 Å². The smallest absolute Gasteiger partial charge is 0.287 e. The minimum absolute atomic E-state index is 0.200. The van der Waals surface area contributed by atoms with Crippen LogP contribution < -0.4 is 5.32 Å². The molecule has 1 aromatic rings. The molecule has 1 atom stereocenters. The van der Waals surface area contributed by atoms with Gasteiger partial charge < -0.3 is 5.32 Å². The first-order chi connectivity index (χ1) is 8.15. The highest BCUT2D eigenvalue weighted by Crippen LogP contribution is 2.06. The lowest BCUT2D eigenvalue weighted by Gasteiger charge is -2.09. The second-order valence-electron chi connectivity index (χ2n) is 4.10. The molecule has 1 heterocycles. The minimum Gasteiger partial charge on any atom is -0.345 e. The topological polar surface area (TPSA) is 59.1 Å². The summed E-state index contributed by atoms with van der Waals surface area (Å²) in [7, 11) is 0. The van der Waals surface area contributed by atoms with Gasteiger partial charge in [-0.25, -0.2) is 0 Å². The van der Waals surface area contributed by atoms with Crippen molar-refractivity contribution >= 4 is 11.7 Å². The number of aromatic nitrogens is 1. The molecule has 0 aliphatic rings. The fraction of sp³-hybridized carbons (Fsp3) is 0.462. The first kappa shape index (κ1) is 13.4. The van der Waals surface area contributed by atoms with Gasteiger partial charge in [0.1, 0.15) is 0 Å². The van der Waals surface area contributed by atoms with E-state index in [-0.39, 0.29) is 11.7 Å². The largest absolute Gasteiger partial charge is 0.345 e. The molecule has 0 aliphatic carbocycles. The third-order valence-electron chi connectivity index (χ3n) is 2.57. The molecule has 17 heavy (non-hydrogen) atoms. The molecule has 1 N–H and O–H groups in total. The highest BCUT2D eigenvalue weighted by atomic mass is 16.2. The SMILES string of the molecule is CCCC(C)C(=O)C(=O)NCc1cccnc1. The Morgan fingerprint density at radius 3 is 2.82 bits per heavy atom. The third kappa shape index (κ3) is 4.34. The molecule has 0 spiro atoms. The van der Waals surface area contributed by atoms with E-state index in [0.29, 0.717) is 6.54 Å². The van der Waals surface area contributed by atoms with Gasteiger partial charge in [0, 0.05) is 24.9 Å². The molecule has 92 valence electrons. The van der Waals surface area contributed by atoms with Gasteiger partial charge in [0.05, 0.1) is 0 Å². The number of pyridine rings is 1. The van der Waals surface area contributed by atoms with Gasteiger partial charge in [-0.15, -0.1) is 0 Å². The van der Waals surface area contributed by atoms with Crippen molar-refractivity contribution in [1.82, 2.24) is 10.3 Å². The average Bonchev–Trinajstić information content (AvgIpc) is 2.36. The average molecular weight is 234 g/mol. The maximum absolute atomic E-state index is 11.6. The molecule has 0 bridgehead atoms. The molecule has 4 heteroatoms. The first-order valence-electron chi connectivity index (χ1n) is 5.86. The van der Waals surface area contributed by atoms with Gasteiger partial charge in [-0.05, 0) is 18.1 Å². The Bertz CT molecular complexity index is 376. The van der Waals surface area contributed by atoms with Gasteiger partial charge in [0.25, 0.3) is 5.91 Å². The van der Waals surface area contributed by atoms with Gasteiger partial charge in [-0.3, -0.25) is 14.6 Å². The highest BCUT2D eigenvalue weighted by molar-refractivity contribution is 6.36. The maximum Gasteiger partial charge on any atom is 0.287 e. The van der Waals surface area contributed by atoms with Crippen LogP contribution in [-0.4, -0.2) is 16.7 Å². The van der Waals surface area contributed by atoms with Crippen molar-refractivity contribution < 1.29 is 9.59 Å². The number of nitrogens with zero attached hydrogens (tertiary/aromatic N) is 1. The molecule has 0 radical (unpaired) electrons. The number of hydrogen-bond donors (Lipinski definition) is 1. The van der Waals surface area contributed by atoms with Crippen LogP contribution in [0.2, 0.25) is 0 Å². The van der Waals surface area contributed by atoms with E-state index < -0.39 is 5.91 Å². The lowest BCUT2D eigenvalue weighted by atomic mass is 10.0. The summed E-state index contributed by atoms with van der Waals surface area (Å²) in [5.74, 6) is -1.04. The molecule has 4 nitrogen and oxygen atoms in total. The van der Waals surface area contributed by atoms with Crippen molar-refractivity contribution in [2.45, 2.75) is 33.2 Å². The number of ketones is 1. The van der Waals surface area contributed by atoms with E-state index in [4.69, 9.17) is 0 Å². The standard InChI is InChI=1S/C13H18N2O2/c1-3-5-10(2)12(16)13(17)15-9-11-6-4-7-14-8-11/h4,6-8,10H,3,5,9H2,1-2H3,(H,15,17). The van der Waals surface area contributed by atoms with Crippen molar-refractivity contribution in [2.75, 3.05) is 0 Å². The van der Waals surface area contributed by atoms with Crippen LogP contribution in [0.3, 0.4) is 0 Å². The Labute approximate surface area is 101 Å². The van der Waals surface area contributed by atoms with Crippen LogP contribution in [0, 0.1) is 5.92 Å². The zero-order chi connectivity index (χ0) is 12.7. The fourth-order valence-electron chi connectivity index (χ4n) is 1.56. The molecule has 0 aliphatic heterocycles. The number of rotatable bonds is 6. The normalized spacial score (nSPS) is 11.9. The first-order valence-corrected chi connectivity index (χ1v) is 5.86. The van der Waals surface area contributed by atoms with E-state index >= 15 is 0 Å². The fourth-order valence-corrected chi connectivity index (χ4v) is 1.56. The van der Waals surface area contributed by atoms with Crippen LogP contribution >= 0.6 is 0 Å². The van der Waals surface area contributed by atoms with Crippen LogP contribution in [0.4, 0.5) is 0 Å². The summed E-state index contributed by atoms with van der Waals surface area (Å²) in [6, 6.07) is 3.65. The Hall–Kier alpha value is -1.71. The summed E-state index contributed by atoms with van der Waals surface area (Å²) in [4.78, 5) is 27.1. The zero-order valence-electron chi connectivity index (χ0n) is 10.3. The van der Waals surface area contributed by atoms with Gasteiger partial charge in [-0.2, -0.15) is 0 Å². The molecule has 0 saturated heterocycles. The maximum atomic E-state index is 11.6. The van der Waals surface area contributed by atoms with Crippen LogP contribution in [0.5, 0.6) is 0 Å². The minimum atomic E-state index is -0.505. The van der Waals surface area contributed by atoms with Gasteiger partial charge in [-0.1, -0.05) is 26.3 Å². The van der Waals surface area contributed by atoms with E-state index in [9.17, 15) is 9.59 Å². The van der Waals surface area contributed by atoms with Crippen molar-refractivity contribution in [2.24, 2.45) is 5.92 Å². The van der Waals surface area contributed by atoms with Crippen molar-refractivity contribution in [3.63, 3.8) is 0 Å². The lowest BCUT2D eigenvalue weighted by molar-refractivity contribution is -0.140. The van der Waals surface area contributed by atoms with Crippen LogP contribution in [0.15, 0.2) is 24.5 Å². The van der Waals surface area contributed by atoms with E-state index in [0.717, 1.165) is 18.4 Å². The molecule has 1 rings (SSSR count). The number of hydrogen-bond acceptors (Lipinski definition) is 3. The van der Waals surface area contributed by atoms with Gasteiger partial charge in [0.2, 0.25) is 5.78 Å². The van der Waals surface area contributed by atoms with E-state index in [1.165, 1.54) is 0 Å². The number of carbonyl (C=O) groups excluding carboxylic acids is 2. The summed E-state index contributed by atoms with van der Waals surface area (Å²) < 4.78 is 0. The number of carbonyl (C=O) groups is 2. The van der Waals surface area contributed by atoms with Crippen LogP contribution in [0.25, 0.3) is 0 Å². The molecular weight excluding hydrogens is 216 g/mol. The molecule has 0 fully saturated rings. The molecule has 0 saturated carbocycles. The Kier molecular flexibility index (Phi) is 5.33. The monoisotopic (exact) mass is 234 g/mol. The van der Waals surface area contributed by atoms with E-state index in [1.807, 2.05) is 13.0 Å². The summed E-state index contributed by atoms with van der Waals surface area (Å²) in [5.41, 5.74) is 0.886. The number of Topliss-reactive ketones (excluding diaryl/α,β-unsaturated/α-hetero) is 1. The molecule has 1 unspecified atom stereocenters. The van der Waals surface area contributed by atoms with Crippen molar-refractivity contribution in [3.8, 4) is 0 Å². The highest BCUT2D eigenvalue weighted by Gasteiger charge is 2.19. The van der Waals surface area contributed by atoms with Crippen LogP contribution in [0.1, 0.15) is 32.3 Å². The summed E-state index contributed by atoms with van der Waals surface area (Å²) in [6.07, 6.45) is 4.99. The molecule has 1 aromatic heterocycles. The number of nitrogens with one attached hydrogen (secondary N) is 1. The van der Waals surface area contributed by atoms with Crippen LogP contribution in [-0.2, 0) is 16.1 Å².